The van der Waals surface area contributed by atoms with E-state index in [0.29, 0.717) is 16.0 Å². The molecule has 1 aliphatic heterocycles. The quantitative estimate of drug-likeness (QED) is 0.687. The molecule has 1 saturated carbocycles. The molecule has 0 aromatic carbocycles. The summed E-state index contributed by atoms with van der Waals surface area (Å²) in [6.45, 7) is 6.77. The molecule has 0 bridgehead atoms. The Kier molecular flexibility index (Phi) is 3.59. The van der Waals surface area contributed by atoms with Crippen molar-refractivity contribution in [1.29, 1.82) is 0 Å². The van der Waals surface area contributed by atoms with Crippen LogP contribution in [-0.4, -0.2) is 26.7 Å². The third-order valence-electron chi connectivity index (χ3n) is 3.14. The molecule has 5 heteroatoms. The van der Waals surface area contributed by atoms with E-state index in [-0.39, 0.29) is 11.3 Å². The summed E-state index contributed by atoms with van der Waals surface area (Å²) in [5.41, 5.74) is 1.40. The minimum atomic E-state index is 0.0172. The number of rotatable bonds is 1. The van der Waals surface area contributed by atoms with Crippen LogP contribution in [0.2, 0.25) is 0 Å². The number of amides is 1. The lowest BCUT2D eigenvalue weighted by Gasteiger charge is -2.34. The van der Waals surface area contributed by atoms with E-state index in [1.54, 1.807) is 0 Å². The number of thioether (sulfide) groups is 1. The molecule has 0 aromatic heterocycles. The minimum absolute atomic E-state index is 0.0172. The third kappa shape index (κ3) is 3.07. The molecule has 0 radical (unpaired) electrons. The summed E-state index contributed by atoms with van der Waals surface area (Å²) < 4.78 is 0.596. The van der Waals surface area contributed by atoms with Crippen molar-refractivity contribution in [3.63, 3.8) is 0 Å². The third-order valence-corrected chi connectivity index (χ3v) is 4.48. The average Bonchev–Trinajstić information content (AvgIpc) is 2.46. The van der Waals surface area contributed by atoms with Gasteiger partial charge in [0.1, 0.15) is 0 Å². The molecular weight excluding hydrogens is 252 g/mol. The fourth-order valence-corrected chi connectivity index (χ4v) is 3.73. The number of carbonyl (C=O) groups is 1. The molecule has 1 aliphatic carbocycles. The van der Waals surface area contributed by atoms with E-state index in [0.717, 1.165) is 18.6 Å². The lowest BCUT2D eigenvalue weighted by Crippen LogP contribution is -2.31. The van der Waals surface area contributed by atoms with Gasteiger partial charge in [0.15, 0.2) is 4.32 Å². The molecular formula is C12H18N2OS2. The zero-order valence-corrected chi connectivity index (χ0v) is 12.2. The Morgan fingerprint density at radius 2 is 2.24 bits per heavy atom. The number of hydrogen-bond acceptors (Lipinski definition) is 4. The number of nitrogens with zero attached hydrogens (tertiary/aromatic N) is 2. The van der Waals surface area contributed by atoms with E-state index >= 15 is 0 Å². The van der Waals surface area contributed by atoms with Gasteiger partial charge in [-0.15, -0.1) is 0 Å². The molecule has 2 rings (SSSR count). The Balaban J connectivity index is 2.16. The Labute approximate surface area is 112 Å². The van der Waals surface area contributed by atoms with Gasteiger partial charge in [0, 0.05) is 5.71 Å². The van der Waals surface area contributed by atoms with Gasteiger partial charge in [0.2, 0.25) is 0 Å². The number of carbonyl (C=O) groups excluding carboxylic acids is 1. The summed E-state index contributed by atoms with van der Waals surface area (Å²) in [5.74, 6) is 1.09. The smallest absolute Gasteiger partial charge is 0.259 e. The first-order chi connectivity index (χ1) is 7.87. The van der Waals surface area contributed by atoms with Crippen LogP contribution in [0.15, 0.2) is 5.10 Å². The maximum absolute atomic E-state index is 11.6. The first-order valence-corrected chi connectivity index (χ1v) is 7.33. The van der Waals surface area contributed by atoms with E-state index in [4.69, 9.17) is 12.2 Å². The molecule has 1 heterocycles. The standard InChI is InChI=1S/C12H18N2OS2/c1-8-4-9(6-12(2,3)5-8)13-14-10(15)7-17-11(14)16/h8H,4-7H2,1-3H3/b13-9+/t8-/m1/s1. The second-order valence-electron chi connectivity index (χ2n) is 5.78. The largest absolute Gasteiger partial charge is 0.272 e. The van der Waals surface area contributed by atoms with Crippen molar-refractivity contribution in [2.75, 3.05) is 5.75 Å². The SMILES string of the molecule is C[C@@H]1C/C(=N\N2C(=O)CSC2=S)CC(C)(C)C1. The Morgan fingerprint density at radius 3 is 2.76 bits per heavy atom. The van der Waals surface area contributed by atoms with E-state index in [1.165, 1.54) is 23.2 Å². The summed E-state index contributed by atoms with van der Waals surface area (Å²) in [6, 6.07) is 0. The van der Waals surface area contributed by atoms with Gasteiger partial charge in [-0.3, -0.25) is 4.79 Å². The van der Waals surface area contributed by atoms with Crippen LogP contribution in [0.4, 0.5) is 0 Å². The van der Waals surface area contributed by atoms with Crippen molar-refractivity contribution in [3.8, 4) is 0 Å². The van der Waals surface area contributed by atoms with Crippen LogP contribution in [0.1, 0.15) is 40.0 Å². The first kappa shape index (κ1) is 13.0. The van der Waals surface area contributed by atoms with Crippen molar-refractivity contribution >= 4 is 39.9 Å². The zero-order valence-electron chi connectivity index (χ0n) is 10.5. The Bertz CT molecular complexity index is 374. The molecule has 2 fully saturated rings. The lowest BCUT2D eigenvalue weighted by molar-refractivity contribution is -0.124. The predicted molar refractivity (Wildman–Crippen MR) is 76.1 cm³/mol. The second-order valence-corrected chi connectivity index (χ2v) is 7.39. The fourth-order valence-electron chi connectivity index (χ4n) is 2.78. The Hall–Kier alpha value is -0.420. The van der Waals surface area contributed by atoms with Crippen molar-refractivity contribution in [1.82, 2.24) is 5.01 Å². The number of hydrazone groups is 1. The van der Waals surface area contributed by atoms with Gasteiger partial charge in [0.05, 0.1) is 5.75 Å². The highest BCUT2D eigenvalue weighted by atomic mass is 32.2. The van der Waals surface area contributed by atoms with Gasteiger partial charge in [-0.2, -0.15) is 10.1 Å². The van der Waals surface area contributed by atoms with E-state index in [1.807, 2.05) is 0 Å². The summed E-state index contributed by atoms with van der Waals surface area (Å²) in [5, 5.41) is 5.90. The van der Waals surface area contributed by atoms with Crippen LogP contribution in [0.5, 0.6) is 0 Å². The summed E-state index contributed by atoms with van der Waals surface area (Å²) >= 11 is 6.54. The molecule has 0 aromatic rings. The molecule has 1 atom stereocenters. The minimum Gasteiger partial charge on any atom is -0.272 e. The fraction of sp³-hybridized carbons (Fsp3) is 0.750. The lowest BCUT2D eigenvalue weighted by atomic mass is 9.72. The van der Waals surface area contributed by atoms with Gasteiger partial charge < -0.3 is 0 Å². The van der Waals surface area contributed by atoms with Gasteiger partial charge in [-0.1, -0.05) is 44.8 Å². The predicted octanol–water partition coefficient (Wildman–Crippen LogP) is 3.05. The molecule has 17 heavy (non-hydrogen) atoms. The highest BCUT2D eigenvalue weighted by Crippen LogP contribution is 2.37. The van der Waals surface area contributed by atoms with Crippen LogP contribution in [0, 0.1) is 11.3 Å². The average molecular weight is 270 g/mol. The van der Waals surface area contributed by atoms with E-state index in [2.05, 4.69) is 25.9 Å². The molecule has 94 valence electrons. The number of thiocarbonyl (C=S) groups is 1. The van der Waals surface area contributed by atoms with Crippen LogP contribution in [0.3, 0.4) is 0 Å². The molecule has 0 unspecified atom stereocenters. The molecule has 0 spiro atoms. The highest BCUT2D eigenvalue weighted by molar-refractivity contribution is 8.23. The van der Waals surface area contributed by atoms with Crippen LogP contribution < -0.4 is 0 Å². The van der Waals surface area contributed by atoms with Gasteiger partial charge in [-0.25, -0.2) is 0 Å². The van der Waals surface area contributed by atoms with Crippen molar-refractivity contribution in [2.24, 2.45) is 16.4 Å². The topological polar surface area (TPSA) is 32.7 Å². The molecule has 1 amide bonds. The monoisotopic (exact) mass is 270 g/mol. The molecule has 3 nitrogen and oxygen atoms in total. The first-order valence-electron chi connectivity index (χ1n) is 5.93. The maximum Gasteiger partial charge on any atom is 0.259 e. The van der Waals surface area contributed by atoms with Crippen molar-refractivity contribution in [2.45, 2.75) is 40.0 Å². The van der Waals surface area contributed by atoms with Crippen molar-refractivity contribution < 1.29 is 4.79 Å². The zero-order chi connectivity index (χ0) is 12.6. The summed E-state index contributed by atoms with van der Waals surface area (Å²) in [7, 11) is 0. The van der Waals surface area contributed by atoms with E-state index < -0.39 is 0 Å². The highest BCUT2D eigenvalue weighted by Gasteiger charge is 2.32. The van der Waals surface area contributed by atoms with Gasteiger partial charge in [-0.05, 0) is 30.6 Å². The molecule has 1 saturated heterocycles. The maximum atomic E-state index is 11.6. The van der Waals surface area contributed by atoms with Crippen molar-refractivity contribution in [3.05, 3.63) is 0 Å². The summed E-state index contributed by atoms with van der Waals surface area (Å²) in [4.78, 5) is 11.6. The van der Waals surface area contributed by atoms with Gasteiger partial charge in [0.25, 0.3) is 5.91 Å². The van der Waals surface area contributed by atoms with Crippen LogP contribution in [-0.2, 0) is 4.79 Å². The number of hydrogen-bond donors (Lipinski definition) is 0. The molecule has 0 N–H and O–H groups in total. The Morgan fingerprint density at radius 1 is 1.53 bits per heavy atom. The van der Waals surface area contributed by atoms with Crippen LogP contribution in [0.25, 0.3) is 0 Å². The van der Waals surface area contributed by atoms with Gasteiger partial charge >= 0.3 is 0 Å². The second kappa shape index (κ2) is 4.69. The summed E-state index contributed by atoms with van der Waals surface area (Å²) in [6.07, 6.45) is 3.17. The normalized spacial score (nSPS) is 31.4. The molecule has 2 aliphatic rings. The van der Waals surface area contributed by atoms with E-state index in [9.17, 15) is 4.79 Å². The van der Waals surface area contributed by atoms with Crippen LogP contribution >= 0.6 is 24.0 Å².